The van der Waals surface area contributed by atoms with Crippen LogP contribution in [-0.2, 0) is 4.79 Å². The lowest BCUT2D eigenvalue weighted by Gasteiger charge is -2.15. The molecule has 0 spiro atoms. The predicted octanol–water partition coefficient (Wildman–Crippen LogP) is 1.39. The standard InChI is InChI=1S/C11H11BrN2O3/c12-9-3-8(4-13-5-9)10(15)14-2-1-7(6-14)11(16)17/h3-5,7H,1-2,6H2,(H,16,17)/t7-/m1/s1. The molecule has 2 rings (SSSR count). The maximum absolute atomic E-state index is 12.0. The van der Waals surface area contributed by atoms with Crippen LogP contribution in [0, 0.1) is 5.92 Å². The number of rotatable bonds is 2. The number of carbonyl (C=O) groups excluding carboxylic acids is 1. The Morgan fingerprint density at radius 2 is 2.24 bits per heavy atom. The summed E-state index contributed by atoms with van der Waals surface area (Å²) in [5.41, 5.74) is 0.477. The summed E-state index contributed by atoms with van der Waals surface area (Å²) in [7, 11) is 0. The lowest BCUT2D eigenvalue weighted by Crippen LogP contribution is -2.30. The fourth-order valence-electron chi connectivity index (χ4n) is 1.86. The van der Waals surface area contributed by atoms with Crippen LogP contribution in [0.25, 0.3) is 0 Å². The zero-order valence-electron chi connectivity index (χ0n) is 8.97. The molecule has 1 aliphatic heterocycles. The van der Waals surface area contributed by atoms with Gasteiger partial charge in [0, 0.05) is 30.0 Å². The summed E-state index contributed by atoms with van der Waals surface area (Å²) in [5.74, 6) is -1.45. The van der Waals surface area contributed by atoms with E-state index in [1.54, 1.807) is 17.2 Å². The van der Waals surface area contributed by atoms with Gasteiger partial charge in [-0.15, -0.1) is 0 Å². The number of halogens is 1. The molecular weight excluding hydrogens is 288 g/mol. The third-order valence-electron chi connectivity index (χ3n) is 2.78. The molecule has 17 heavy (non-hydrogen) atoms. The second-order valence-electron chi connectivity index (χ2n) is 3.97. The van der Waals surface area contributed by atoms with Crippen LogP contribution in [0.4, 0.5) is 0 Å². The Bertz CT molecular complexity index is 464. The Kier molecular flexibility index (Phi) is 3.42. The highest BCUT2D eigenvalue weighted by Crippen LogP contribution is 2.19. The molecule has 1 saturated heterocycles. The van der Waals surface area contributed by atoms with Crippen LogP contribution >= 0.6 is 15.9 Å². The van der Waals surface area contributed by atoms with E-state index in [4.69, 9.17) is 5.11 Å². The van der Waals surface area contributed by atoms with E-state index in [0.29, 0.717) is 18.5 Å². The number of carbonyl (C=O) groups is 2. The highest BCUT2D eigenvalue weighted by atomic mass is 79.9. The second kappa shape index (κ2) is 4.83. The van der Waals surface area contributed by atoms with Gasteiger partial charge in [-0.25, -0.2) is 0 Å². The minimum absolute atomic E-state index is 0.164. The Hall–Kier alpha value is -1.43. The first kappa shape index (κ1) is 12.0. The van der Waals surface area contributed by atoms with E-state index in [1.165, 1.54) is 6.20 Å². The monoisotopic (exact) mass is 298 g/mol. The summed E-state index contributed by atoms with van der Waals surface area (Å²) >= 11 is 3.25. The summed E-state index contributed by atoms with van der Waals surface area (Å²) < 4.78 is 0.734. The van der Waals surface area contributed by atoms with Crippen molar-refractivity contribution in [1.82, 2.24) is 9.88 Å². The number of amides is 1. The molecule has 90 valence electrons. The van der Waals surface area contributed by atoms with Gasteiger partial charge in [0.25, 0.3) is 5.91 Å². The van der Waals surface area contributed by atoms with Crippen molar-refractivity contribution in [2.24, 2.45) is 5.92 Å². The Morgan fingerprint density at radius 1 is 1.47 bits per heavy atom. The maximum Gasteiger partial charge on any atom is 0.308 e. The smallest absolute Gasteiger partial charge is 0.308 e. The topological polar surface area (TPSA) is 70.5 Å². The molecule has 0 aliphatic carbocycles. The van der Waals surface area contributed by atoms with Crippen LogP contribution in [0.2, 0.25) is 0 Å². The van der Waals surface area contributed by atoms with Crippen molar-refractivity contribution in [2.75, 3.05) is 13.1 Å². The lowest BCUT2D eigenvalue weighted by atomic mass is 10.1. The largest absolute Gasteiger partial charge is 0.481 e. The van der Waals surface area contributed by atoms with Gasteiger partial charge in [-0.1, -0.05) is 0 Å². The van der Waals surface area contributed by atoms with Crippen molar-refractivity contribution in [1.29, 1.82) is 0 Å². The first-order chi connectivity index (χ1) is 8.08. The summed E-state index contributed by atoms with van der Waals surface area (Å²) in [6.45, 7) is 0.767. The van der Waals surface area contributed by atoms with E-state index in [2.05, 4.69) is 20.9 Å². The number of carboxylic acids is 1. The molecule has 0 radical (unpaired) electrons. The molecule has 1 aromatic rings. The molecule has 2 heterocycles. The van der Waals surface area contributed by atoms with E-state index >= 15 is 0 Å². The SMILES string of the molecule is O=C(O)[C@@H]1CCN(C(=O)c2cncc(Br)c2)C1. The van der Waals surface area contributed by atoms with Gasteiger partial charge in [-0.05, 0) is 28.4 Å². The van der Waals surface area contributed by atoms with Gasteiger partial charge in [-0.3, -0.25) is 14.6 Å². The van der Waals surface area contributed by atoms with Crippen LogP contribution in [0.5, 0.6) is 0 Å². The van der Waals surface area contributed by atoms with Crippen LogP contribution in [0.1, 0.15) is 16.8 Å². The number of pyridine rings is 1. The van der Waals surface area contributed by atoms with Crippen LogP contribution in [0.3, 0.4) is 0 Å². The Labute approximate surface area is 107 Å². The molecule has 0 saturated carbocycles. The zero-order chi connectivity index (χ0) is 12.4. The number of aliphatic carboxylic acids is 1. The average Bonchev–Trinajstić information content (AvgIpc) is 2.77. The van der Waals surface area contributed by atoms with Gasteiger partial charge in [0.15, 0.2) is 0 Å². The number of hydrogen-bond donors (Lipinski definition) is 1. The van der Waals surface area contributed by atoms with Crippen molar-refractivity contribution >= 4 is 27.8 Å². The van der Waals surface area contributed by atoms with Gasteiger partial charge in [0.05, 0.1) is 11.5 Å². The van der Waals surface area contributed by atoms with Crippen molar-refractivity contribution in [2.45, 2.75) is 6.42 Å². The summed E-state index contributed by atoms with van der Waals surface area (Å²) in [4.78, 5) is 28.3. The highest BCUT2D eigenvalue weighted by Gasteiger charge is 2.31. The third-order valence-corrected chi connectivity index (χ3v) is 3.21. The zero-order valence-corrected chi connectivity index (χ0v) is 10.6. The van der Waals surface area contributed by atoms with Gasteiger partial charge >= 0.3 is 5.97 Å². The fourth-order valence-corrected chi connectivity index (χ4v) is 2.22. The van der Waals surface area contributed by atoms with E-state index in [9.17, 15) is 9.59 Å². The molecule has 1 aliphatic rings. The maximum atomic E-state index is 12.0. The van der Waals surface area contributed by atoms with Crippen LogP contribution < -0.4 is 0 Å². The summed E-state index contributed by atoms with van der Waals surface area (Å²) in [6.07, 6.45) is 3.60. The van der Waals surface area contributed by atoms with Crippen LogP contribution in [-0.4, -0.2) is 40.0 Å². The number of nitrogens with zero attached hydrogens (tertiary/aromatic N) is 2. The number of likely N-dealkylation sites (tertiary alicyclic amines) is 1. The normalized spacial score (nSPS) is 19.4. The Balaban J connectivity index is 2.09. The molecule has 1 fully saturated rings. The number of hydrogen-bond acceptors (Lipinski definition) is 3. The van der Waals surface area contributed by atoms with Gasteiger partial charge in [-0.2, -0.15) is 0 Å². The molecule has 0 aromatic carbocycles. The fraction of sp³-hybridized carbons (Fsp3) is 0.364. The van der Waals surface area contributed by atoms with E-state index in [-0.39, 0.29) is 12.5 Å². The molecule has 1 amide bonds. The minimum Gasteiger partial charge on any atom is -0.481 e. The lowest BCUT2D eigenvalue weighted by molar-refractivity contribution is -0.141. The number of carboxylic acid groups (broad SMARTS) is 1. The third kappa shape index (κ3) is 2.63. The highest BCUT2D eigenvalue weighted by molar-refractivity contribution is 9.10. The first-order valence-electron chi connectivity index (χ1n) is 5.20. The molecule has 6 heteroatoms. The van der Waals surface area contributed by atoms with Gasteiger partial charge in [0.1, 0.15) is 0 Å². The average molecular weight is 299 g/mol. The Morgan fingerprint density at radius 3 is 2.82 bits per heavy atom. The van der Waals surface area contributed by atoms with Crippen molar-refractivity contribution < 1.29 is 14.7 Å². The van der Waals surface area contributed by atoms with Crippen molar-refractivity contribution in [3.05, 3.63) is 28.5 Å². The minimum atomic E-state index is -0.840. The van der Waals surface area contributed by atoms with E-state index < -0.39 is 11.9 Å². The van der Waals surface area contributed by atoms with E-state index in [0.717, 1.165) is 4.47 Å². The summed E-state index contributed by atoms with van der Waals surface area (Å²) in [6, 6.07) is 1.68. The summed E-state index contributed by atoms with van der Waals surface area (Å²) in [5, 5.41) is 8.87. The molecule has 1 N–H and O–H groups in total. The van der Waals surface area contributed by atoms with Crippen molar-refractivity contribution in [3.8, 4) is 0 Å². The van der Waals surface area contributed by atoms with Gasteiger partial charge < -0.3 is 10.0 Å². The first-order valence-corrected chi connectivity index (χ1v) is 6.00. The number of aromatic nitrogens is 1. The molecule has 5 nitrogen and oxygen atoms in total. The molecule has 0 unspecified atom stereocenters. The van der Waals surface area contributed by atoms with Gasteiger partial charge in [0.2, 0.25) is 0 Å². The molecule has 1 aromatic heterocycles. The van der Waals surface area contributed by atoms with Crippen LogP contribution in [0.15, 0.2) is 22.9 Å². The second-order valence-corrected chi connectivity index (χ2v) is 4.88. The molecular formula is C11H11BrN2O3. The van der Waals surface area contributed by atoms with E-state index in [1.807, 2.05) is 0 Å². The molecule has 1 atom stereocenters. The quantitative estimate of drug-likeness (QED) is 0.896. The molecule has 0 bridgehead atoms. The van der Waals surface area contributed by atoms with Crippen molar-refractivity contribution in [3.63, 3.8) is 0 Å². The predicted molar refractivity (Wildman–Crippen MR) is 63.6 cm³/mol.